The molecule has 0 fully saturated rings. The van der Waals surface area contributed by atoms with Gasteiger partial charge in [-0.3, -0.25) is 9.59 Å². The van der Waals surface area contributed by atoms with Crippen molar-refractivity contribution in [1.82, 2.24) is 14.9 Å². The van der Waals surface area contributed by atoms with Crippen LogP contribution in [0, 0.1) is 6.92 Å². The van der Waals surface area contributed by atoms with Gasteiger partial charge in [0.25, 0.3) is 5.91 Å². The summed E-state index contributed by atoms with van der Waals surface area (Å²) in [4.78, 5) is 27.7. The molecule has 1 aliphatic rings. The van der Waals surface area contributed by atoms with E-state index in [2.05, 4.69) is 10.3 Å². The van der Waals surface area contributed by atoms with E-state index in [1.165, 1.54) is 4.68 Å². The van der Waals surface area contributed by atoms with Gasteiger partial charge >= 0.3 is 0 Å². The maximum absolute atomic E-state index is 14.1. The van der Waals surface area contributed by atoms with E-state index in [0.717, 1.165) is 0 Å². The Morgan fingerprint density at radius 3 is 2.24 bits per heavy atom. The third kappa shape index (κ3) is 3.50. The number of rotatable bonds is 4. The molecule has 0 spiro atoms. The lowest BCUT2D eigenvalue weighted by Gasteiger charge is -2.08. The van der Waals surface area contributed by atoms with Gasteiger partial charge in [-0.15, -0.1) is 0 Å². The van der Waals surface area contributed by atoms with Crippen molar-refractivity contribution in [2.75, 3.05) is 7.11 Å². The van der Waals surface area contributed by atoms with E-state index in [1.54, 1.807) is 74.7 Å². The molecule has 0 amide bonds. The van der Waals surface area contributed by atoms with Crippen molar-refractivity contribution in [3.63, 3.8) is 0 Å². The van der Waals surface area contributed by atoms with E-state index in [1.807, 2.05) is 6.07 Å². The second kappa shape index (κ2) is 8.73. The van der Waals surface area contributed by atoms with Crippen LogP contribution in [-0.4, -0.2) is 33.7 Å². The van der Waals surface area contributed by atoms with Crippen LogP contribution in [0.2, 0.25) is 10.0 Å². The minimum Gasteiger partial charge on any atom is -0.497 e. The first-order valence-electron chi connectivity index (χ1n) is 11.3. The van der Waals surface area contributed by atoms with Crippen LogP contribution in [0.25, 0.3) is 33.8 Å². The molecule has 0 radical (unpaired) electrons. The summed E-state index contributed by atoms with van der Waals surface area (Å²) < 4.78 is 11.9. The summed E-state index contributed by atoms with van der Waals surface area (Å²) in [6, 6.07) is 19.3. The van der Waals surface area contributed by atoms with Crippen LogP contribution in [0.3, 0.4) is 0 Å². The van der Waals surface area contributed by atoms with Gasteiger partial charge in [-0.1, -0.05) is 58.7 Å². The van der Waals surface area contributed by atoms with Gasteiger partial charge in [0.2, 0.25) is 0 Å². The average Bonchev–Trinajstić information content (AvgIpc) is 3.57. The first-order valence-corrected chi connectivity index (χ1v) is 12.0. The molecule has 182 valence electrons. The number of methoxy groups -OCH3 is 1. The minimum atomic E-state index is -0.523. The highest BCUT2D eigenvalue weighted by molar-refractivity contribution is 6.39. The molecule has 0 aliphatic heterocycles. The molecule has 1 aliphatic carbocycles. The Kier molecular flexibility index (Phi) is 5.47. The van der Waals surface area contributed by atoms with E-state index in [4.69, 9.17) is 32.5 Å². The normalized spacial score (nSPS) is 11.9. The van der Waals surface area contributed by atoms with E-state index in [9.17, 15) is 9.59 Å². The maximum atomic E-state index is 14.1. The second-order valence-corrected chi connectivity index (χ2v) is 9.27. The number of fused-ring (bicyclic) bond motifs is 3. The van der Waals surface area contributed by atoms with Crippen molar-refractivity contribution >= 4 is 34.9 Å². The highest BCUT2D eigenvalue weighted by atomic mass is 35.5. The zero-order chi connectivity index (χ0) is 25.8. The molecule has 0 N–H and O–H groups in total. The monoisotopic (exact) mass is 529 g/mol. The molecule has 9 heteroatoms. The van der Waals surface area contributed by atoms with Gasteiger partial charge in [0, 0.05) is 22.3 Å². The standard InChI is InChI=1S/C28H17Cl2N3O4/c1-14-21(25(32-37-14)22-19(29)8-5-9-20(22)30)28(35)33-26-17-6-3-4-7-18(17)27(34)23(26)24(31-33)15-10-12-16(36-2)13-11-15/h3-13H,1-2H3. The van der Waals surface area contributed by atoms with Crippen molar-refractivity contribution in [1.29, 1.82) is 0 Å². The second-order valence-electron chi connectivity index (χ2n) is 8.45. The molecule has 0 bridgehead atoms. The van der Waals surface area contributed by atoms with E-state index >= 15 is 0 Å². The molecule has 5 aromatic rings. The number of carbonyl (C=O) groups is 2. The van der Waals surface area contributed by atoms with Gasteiger partial charge in [0.15, 0.2) is 5.78 Å². The van der Waals surface area contributed by atoms with Crippen LogP contribution in [0.15, 0.2) is 71.3 Å². The summed E-state index contributed by atoms with van der Waals surface area (Å²) in [6.45, 7) is 1.63. The minimum absolute atomic E-state index is 0.151. The molecule has 0 unspecified atom stereocenters. The summed E-state index contributed by atoms with van der Waals surface area (Å²) >= 11 is 12.9. The van der Waals surface area contributed by atoms with E-state index in [-0.39, 0.29) is 22.8 Å². The summed E-state index contributed by atoms with van der Waals surface area (Å²) in [7, 11) is 1.57. The Morgan fingerprint density at radius 2 is 1.57 bits per heavy atom. The average molecular weight is 530 g/mol. The molecular formula is C28H17Cl2N3O4. The number of aryl methyl sites for hydroxylation is 1. The molecule has 2 heterocycles. The molecule has 6 rings (SSSR count). The van der Waals surface area contributed by atoms with Gasteiger partial charge in [-0.2, -0.15) is 9.78 Å². The Balaban J connectivity index is 1.59. The summed E-state index contributed by atoms with van der Waals surface area (Å²) in [5.41, 5.74) is 3.67. The Morgan fingerprint density at radius 1 is 0.892 bits per heavy atom. The number of carbonyl (C=O) groups excluding carboxylic acids is 2. The predicted octanol–water partition coefficient (Wildman–Crippen LogP) is 6.73. The fourth-order valence-corrected chi connectivity index (χ4v) is 5.20. The number of halogens is 2. The number of hydrogen-bond donors (Lipinski definition) is 0. The molecular weight excluding hydrogens is 513 g/mol. The maximum Gasteiger partial charge on any atom is 0.284 e. The van der Waals surface area contributed by atoms with Gasteiger partial charge in [-0.05, 0) is 43.3 Å². The summed E-state index contributed by atoms with van der Waals surface area (Å²) in [6.07, 6.45) is 0. The third-order valence-electron chi connectivity index (χ3n) is 6.37. The number of ether oxygens (including phenoxy) is 1. The van der Waals surface area contributed by atoms with Gasteiger partial charge in [0.1, 0.15) is 28.5 Å². The zero-order valence-corrected chi connectivity index (χ0v) is 21.1. The van der Waals surface area contributed by atoms with Crippen LogP contribution in [-0.2, 0) is 0 Å². The fraction of sp³-hybridized carbons (Fsp3) is 0.0714. The Labute approximate surface area is 221 Å². The van der Waals surface area contributed by atoms with Crippen molar-refractivity contribution in [2.24, 2.45) is 0 Å². The number of hydrogen-bond acceptors (Lipinski definition) is 6. The number of aromatic nitrogens is 3. The molecule has 0 saturated heterocycles. The lowest BCUT2D eigenvalue weighted by molar-refractivity contribution is 0.0946. The van der Waals surface area contributed by atoms with Crippen molar-refractivity contribution in [3.05, 3.63) is 99.2 Å². The summed E-state index contributed by atoms with van der Waals surface area (Å²) in [5.74, 6) is 0.202. The first kappa shape index (κ1) is 23.2. The highest BCUT2D eigenvalue weighted by Gasteiger charge is 2.38. The lowest BCUT2D eigenvalue weighted by atomic mass is 10.0. The van der Waals surface area contributed by atoms with Crippen molar-refractivity contribution in [3.8, 4) is 39.5 Å². The van der Waals surface area contributed by atoms with Crippen LogP contribution in [0.5, 0.6) is 5.75 Å². The molecule has 0 saturated carbocycles. The topological polar surface area (TPSA) is 87.2 Å². The molecule has 7 nitrogen and oxygen atoms in total. The van der Waals surface area contributed by atoms with Gasteiger partial charge in [0.05, 0.1) is 28.4 Å². The largest absolute Gasteiger partial charge is 0.497 e. The number of benzene rings is 3. The van der Waals surface area contributed by atoms with Gasteiger partial charge < -0.3 is 9.26 Å². The van der Waals surface area contributed by atoms with Crippen molar-refractivity contribution in [2.45, 2.75) is 6.92 Å². The van der Waals surface area contributed by atoms with E-state index < -0.39 is 5.91 Å². The Bertz CT molecular complexity index is 1710. The third-order valence-corrected chi connectivity index (χ3v) is 7.00. The van der Waals surface area contributed by atoms with Crippen LogP contribution in [0.4, 0.5) is 0 Å². The fourth-order valence-electron chi connectivity index (χ4n) is 4.63. The number of ketones is 1. The summed E-state index contributed by atoms with van der Waals surface area (Å²) in [5, 5.41) is 9.40. The van der Waals surface area contributed by atoms with Crippen LogP contribution >= 0.6 is 23.2 Å². The van der Waals surface area contributed by atoms with Crippen LogP contribution < -0.4 is 4.74 Å². The molecule has 2 aromatic heterocycles. The quantitative estimate of drug-likeness (QED) is 0.251. The Hall–Kier alpha value is -4.20. The predicted molar refractivity (Wildman–Crippen MR) is 140 cm³/mol. The molecule has 3 aromatic carbocycles. The van der Waals surface area contributed by atoms with Crippen molar-refractivity contribution < 1.29 is 18.8 Å². The molecule has 37 heavy (non-hydrogen) atoms. The number of nitrogens with zero attached hydrogens (tertiary/aromatic N) is 3. The SMILES string of the molecule is COc1ccc(-c2nn(C(=O)c3c(-c4c(Cl)cccc4Cl)noc3C)c3c2C(=O)c2ccccc2-3)cc1. The van der Waals surface area contributed by atoms with Gasteiger partial charge in [-0.25, -0.2) is 0 Å². The highest BCUT2D eigenvalue weighted by Crippen LogP contribution is 2.43. The molecule has 0 atom stereocenters. The zero-order valence-electron chi connectivity index (χ0n) is 19.6. The van der Waals surface area contributed by atoms with E-state index in [0.29, 0.717) is 55.0 Å². The van der Waals surface area contributed by atoms with Crippen LogP contribution in [0.1, 0.15) is 32.0 Å². The first-order chi connectivity index (χ1) is 17.9. The smallest absolute Gasteiger partial charge is 0.284 e. The lowest BCUT2D eigenvalue weighted by Crippen LogP contribution is -2.16.